The topological polar surface area (TPSA) is 105 Å². The van der Waals surface area contributed by atoms with Crippen LogP contribution in [0.15, 0.2) is 34.1 Å². The number of anilines is 1. The molecule has 2 aliphatic rings. The Balaban J connectivity index is 1.38. The summed E-state index contributed by atoms with van der Waals surface area (Å²) in [5.41, 5.74) is 8.11. The highest BCUT2D eigenvalue weighted by atomic mass is 79.9. The number of halogens is 1. The Morgan fingerprint density at radius 2 is 1.97 bits per heavy atom. The molecule has 10 heteroatoms. The quantitative estimate of drug-likeness (QED) is 0.622. The lowest BCUT2D eigenvalue weighted by Crippen LogP contribution is -2.49. The standard InChI is InChI=1S/C23H27BrN4O4S/c1-14-11-16(3-4-17(14)21(30)27-9-7-23(2,25)8-10-27)28-13-15(12-19(28)29)26-22(31)32-20-6-5-18(24)33-20/h3-6,11,15H,7-10,12-13,25H2,1-2H3,(H,26,31). The van der Waals surface area contributed by atoms with Crippen molar-refractivity contribution in [2.75, 3.05) is 24.5 Å². The molecule has 1 aromatic carbocycles. The molecule has 0 spiro atoms. The Labute approximate surface area is 205 Å². The van der Waals surface area contributed by atoms with Gasteiger partial charge in [-0.3, -0.25) is 9.59 Å². The van der Waals surface area contributed by atoms with Gasteiger partial charge in [0.25, 0.3) is 5.91 Å². The van der Waals surface area contributed by atoms with Crippen LogP contribution in [0, 0.1) is 6.92 Å². The van der Waals surface area contributed by atoms with Gasteiger partial charge in [0, 0.05) is 42.8 Å². The second-order valence-corrected chi connectivity index (χ2v) is 11.4. The number of carbonyl (C=O) groups is 3. The summed E-state index contributed by atoms with van der Waals surface area (Å²) in [5.74, 6) is -0.0966. The Morgan fingerprint density at radius 3 is 2.61 bits per heavy atom. The van der Waals surface area contributed by atoms with Crippen LogP contribution >= 0.6 is 27.3 Å². The van der Waals surface area contributed by atoms with Crippen molar-refractivity contribution in [1.82, 2.24) is 10.2 Å². The zero-order chi connectivity index (χ0) is 23.8. The number of amides is 3. The number of piperidine rings is 1. The van der Waals surface area contributed by atoms with E-state index in [9.17, 15) is 14.4 Å². The molecule has 0 radical (unpaired) electrons. The molecular weight excluding hydrogens is 508 g/mol. The SMILES string of the molecule is Cc1cc(N2CC(NC(=O)Oc3ccc(Br)s3)CC2=O)ccc1C(=O)N1CCC(C)(N)CC1. The maximum atomic E-state index is 13.0. The van der Waals surface area contributed by atoms with E-state index in [1.807, 2.05) is 24.8 Å². The van der Waals surface area contributed by atoms with Crippen LogP contribution in [0.25, 0.3) is 0 Å². The highest BCUT2D eigenvalue weighted by Gasteiger charge is 2.33. The molecule has 33 heavy (non-hydrogen) atoms. The van der Waals surface area contributed by atoms with Gasteiger partial charge >= 0.3 is 6.09 Å². The van der Waals surface area contributed by atoms with Crippen molar-refractivity contribution in [2.24, 2.45) is 5.73 Å². The Kier molecular flexibility index (Phi) is 6.78. The van der Waals surface area contributed by atoms with Gasteiger partial charge < -0.3 is 25.6 Å². The van der Waals surface area contributed by atoms with E-state index in [0.717, 1.165) is 22.2 Å². The van der Waals surface area contributed by atoms with E-state index < -0.39 is 6.09 Å². The largest absolute Gasteiger partial charge is 0.413 e. The van der Waals surface area contributed by atoms with Gasteiger partial charge in [-0.15, -0.1) is 0 Å². The first-order valence-corrected chi connectivity index (χ1v) is 12.5. The molecule has 0 bridgehead atoms. The third-order valence-electron chi connectivity index (χ3n) is 6.13. The molecule has 8 nitrogen and oxygen atoms in total. The van der Waals surface area contributed by atoms with Crippen LogP contribution in [0.3, 0.4) is 0 Å². The third-order valence-corrected chi connectivity index (χ3v) is 7.64. The van der Waals surface area contributed by atoms with E-state index in [1.54, 1.807) is 29.2 Å². The van der Waals surface area contributed by atoms with Crippen molar-refractivity contribution < 1.29 is 19.1 Å². The highest BCUT2D eigenvalue weighted by molar-refractivity contribution is 9.11. The molecule has 3 amide bonds. The van der Waals surface area contributed by atoms with E-state index in [0.29, 0.717) is 35.9 Å². The summed E-state index contributed by atoms with van der Waals surface area (Å²) in [5, 5.41) is 3.23. The summed E-state index contributed by atoms with van der Waals surface area (Å²) in [4.78, 5) is 41.2. The number of likely N-dealkylation sites (tertiary alicyclic amines) is 1. The number of hydrogen-bond acceptors (Lipinski definition) is 6. The molecule has 2 aliphatic heterocycles. The van der Waals surface area contributed by atoms with Crippen molar-refractivity contribution in [3.63, 3.8) is 0 Å². The Hall–Kier alpha value is -2.43. The second kappa shape index (κ2) is 9.44. The molecule has 2 saturated heterocycles. The zero-order valence-corrected chi connectivity index (χ0v) is 21.0. The highest BCUT2D eigenvalue weighted by Crippen LogP contribution is 2.29. The first kappa shape index (κ1) is 23.7. The van der Waals surface area contributed by atoms with Crippen LogP contribution in [0.4, 0.5) is 10.5 Å². The maximum Gasteiger partial charge on any atom is 0.413 e. The van der Waals surface area contributed by atoms with Crippen molar-refractivity contribution in [3.05, 3.63) is 45.2 Å². The first-order valence-electron chi connectivity index (χ1n) is 10.8. The molecular formula is C23H27BrN4O4S. The number of aryl methyl sites for hydroxylation is 1. The van der Waals surface area contributed by atoms with Crippen molar-refractivity contribution in [1.29, 1.82) is 0 Å². The van der Waals surface area contributed by atoms with Crippen molar-refractivity contribution in [3.8, 4) is 5.06 Å². The van der Waals surface area contributed by atoms with Crippen LogP contribution in [-0.4, -0.2) is 54.0 Å². The average molecular weight is 535 g/mol. The van der Waals surface area contributed by atoms with Crippen LogP contribution in [0.5, 0.6) is 5.06 Å². The normalized spacial score (nSPS) is 20.1. The van der Waals surface area contributed by atoms with Gasteiger partial charge in [0.1, 0.15) is 0 Å². The number of carbonyl (C=O) groups excluding carboxylic acids is 3. The summed E-state index contributed by atoms with van der Waals surface area (Å²) in [7, 11) is 0. The zero-order valence-electron chi connectivity index (χ0n) is 18.6. The van der Waals surface area contributed by atoms with Crippen LogP contribution < -0.4 is 20.7 Å². The molecule has 1 aromatic heterocycles. The van der Waals surface area contributed by atoms with Gasteiger partial charge in [0.05, 0.1) is 9.83 Å². The minimum Gasteiger partial charge on any atom is -0.399 e. The fraction of sp³-hybridized carbons (Fsp3) is 0.435. The number of thiophene rings is 1. The predicted octanol–water partition coefficient (Wildman–Crippen LogP) is 3.67. The van der Waals surface area contributed by atoms with Crippen LogP contribution in [0.2, 0.25) is 0 Å². The number of benzene rings is 1. The number of rotatable bonds is 4. The molecule has 1 unspecified atom stereocenters. The fourth-order valence-electron chi connectivity index (χ4n) is 4.14. The van der Waals surface area contributed by atoms with E-state index in [1.165, 1.54) is 11.3 Å². The van der Waals surface area contributed by atoms with Crippen molar-refractivity contribution >= 4 is 50.9 Å². The maximum absolute atomic E-state index is 13.0. The summed E-state index contributed by atoms with van der Waals surface area (Å²) in [6, 6.07) is 8.56. The Morgan fingerprint density at radius 1 is 1.24 bits per heavy atom. The monoisotopic (exact) mass is 534 g/mol. The number of nitrogens with two attached hydrogens (primary N) is 1. The predicted molar refractivity (Wildman–Crippen MR) is 131 cm³/mol. The lowest BCUT2D eigenvalue weighted by atomic mass is 9.90. The van der Waals surface area contributed by atoms with Crippen LogP contribution in [0.1, 0.15) is 42.1 Å². The first-order chi connectivity index (χ1) is 15.6. The second-order valence-electron chi connectivity index (χ2n) is 8.94. The van der Waals surface area contributed by atoms with Gasteiger partial charge in [-0.25, -0.2) is 4.79 Å². The number of nitrogens with one attached hydrogen (secondary N) is 1. The minimum atomic E-state index is -0.587. The van der Waals surface area contributed by atoms with E-state index in [4.69, 9.17) is 10.5 Å². The smallest absolute Gasteiger partial charge is 0.399 e. The molecule has 3 N–H and O–H groups in total. The number of nitrogens with zero attached hydrogens (tertiary/aromatic N) is 2. The van der Waals surface area contributed by atoms with Gasteiger partial charge in [0.2, 0.25) is 5.91 Å². The van der Waals surface area contributed by atoms with Gasteiger partial charge in [-0.2, -0.15) is 0 Å². The lowest BCUT2D eigenvalue weighted by molar-refractivity contribution is -0.117. The van der Waals surface area contributed by atoms with Crippen molar-refractivity contribution in [2.45, 2.75) is 44.7 Å². The molecule has 0 aliphatic carbocycles. The fourth-order valence-corrected chi connectivity index (χ4v) is 5.33. The molecule has 4 rings (SSSR count). The van der Waals surface area contributed by atoms with Gasteiger partial charge in [-0.05, 0) is 78.5 Å². The molecule has 3 heterocycles. The van der Waals surface area contributed by atoms with Gasteiger partial charge in [-0.1, -0.05) is 11.3 Å². The third kappa shape index (κ3) is 5.56. The Bertz CT molecular complexity index is 1080. The summed E-state index contributed by atoms with van der Waals surface area (Å²) in [6.07, 6.45) is 1.16. The molecule has 2 aromatic rings. The average Bonchev–Trinajstić information content (AvgIpc) is 3.32. The summed E-state index contributed by atoms with van der Waals surface area (Å²) in [6.45, 7) is 5.52. The lowest BCUT2D eigenvalue weighted by Gasteiger charge is -2.37. The molecule has 1 atom stereocenters. The minimum absolute atomic E-state index is 0.00944. The van der Waals surface area contributed by atoms with Crippen LogP contribution in [-0.2, 0) is 4.79 Å². The molecule has 176 valence electrons. The van der Waals surface area contributed by atoms with E-state index in [-0.39, 0.29) is 29.8 Å². The molecule has 0 saturated carbocycles. The summed E-state index contributed by atoms with van der Waals surface area (Å²) >= 11 is 4.63. The number of hydrogen-bond donors (Lipinski definition) is 2. The molecule has 2 fully saturated rings. The van der Waals surface area contributed by atoms with Gasteiger partial charge in [0.15, 0.2) is 5.06 Å². The summed E-state index contributed by atoms with van der Waals surface area (Å²) < 4.78 is 6.13. The van der Waals surface area contributed by atoms with E-state index in [2.05, 4.69) is 21.2 Å². The number of ether oxygens (including phenoxy) is 1. The van der Waals surface area contributed by atoms with E-state index >= 15 is 0 Å².